The Balaban J connectivity index is -0.0000000747. The van der Waals surface area contributed by atoms with Crippen LogP contribution in [0.15, 0.2) is 48.5 Å². The molecule has 0 saturated heterocycles. The van der Waals surface area contributed by atoms with E-state index in [-0.39, 0.29) is 62.6 Å². The van der Waals surface area contributed by atoms with Gasteiger partial charge in [0.15, 0.2) is 0 Å². The van der Waals surface area contributed by atoms with Gasteiger partial charge in [-0.3, -0.25) is 8.37 Å². The number of ether oxygens (including phenoxy) is 2. The minimum atomic E-state index is -3.80. The third kappa shape index (κ3) is 25.8. The molecular weight excluding hydrogens is 603 g/mol. The molecule has 0 heterocycles. The summed E-state index contributed by atoms with van der Waals surface area (Å²) in [5, 5.41) is 0. The molecule has 0 aliphatic heterocycles. The van der Waals surface area contributed by atoms with Crippen molar-refractivity contribution in [3.63, 3.8) is 0 Å². The predicted octanol–water partition coefficient (Wildman–Crippen LogP) is -2.94. The molecule has 2 rings (SSSR count). The Bertz CT molecular complexity index is 894. The van der Waals surface area contributed by atoms with E-state index in [9.17, 15) is 17.5 Å². The summed E-state index contributed by atoms with van der Waals surface area (Å²) >= 11 is 8.13. The smallest absolute Gasteiger partial charge is 0.748 e. The van der Waals surface area contributed by atoms with Gasteiger partial charge in [0.1, 0.15) is 11.5 Å². The minimum absolute atomic E-state index is 0. The Morgan fingerprint density at radius 2 is 0.971 bits per heavy atom. The maximum Gasteiger partial charge on any atom is 2.00 e. The number of benzene rings is 2. The molecule has 0 aromatic heterocycles. The van der Waals surface area contributed by atoms with Crippen LogP contribution in [0.5, 0.6) is 11.5 Å². The van der Waals surface area contributed by atoms with Crippen molar-refractivity contribution in [3.8, 4) is 11.5 Å². The van der Waals surface area contributed by atoms with Crippen LogP contribution in [-0.4, -0.2) is 64.6 Å². The fourth-order valence-electron chi connectivity index (χ4n) is 1.80. The summed E-state index contributed by atoms with van der Waals surface area (Å²) < 4.78 is 60.9. The second kappa shape index (κ2) is 24.6. The molecule has 0 aliphatic rings. The van der Waals surface area contributed by atoms with Crippen LogP contribution in [0.25, 0.3) is 0 Å². The van der Waals surface area contributed by atoms with E-state index in [4.69, 9.17) is 9.47 Å². The molecule has 0 aliphatic carbocycles. The van der Waals surface area contributed by atoms with E-state index in [1.54, 1.807) is 48.5 Å². The van der Waals surface area contributed by atoms with Crippen LogP contribution >= 0.6 is 0 Å². The molecule has 0 radical (unpaired) electrons. The Morgan fingerprint density at radius 3 is 1.20 bits per heavy atom. The van der Waals surface area contributed by atoms with Crippen molar-refractivity contribution < 1.29 is 84.7 Å². The van der Waals surface area contributed by atoms with Crippen LogP contribution in [0.3, 0.4) is 0 Å². The Kier molecular flexibility index (Phi) is 35.6. The van der Waals surface area contributed by atoms with Crippen LogP contribution in [0.4, 0.5) is 0 Å². The number of hydrogen-bond donors (Lipinski definition) is 0. The first-order chi connectivity index (χ1) is 13.0. The molecule has 2 unspecified atom stereocenters. The van der Waals surface area contributed by atoms with Gasteiger partial charge in [0, 0.05) is 0 Å². The van der Waals surface area contributed by atoms with Crippen molar-refractivity contribution in [2.75, 3.05) is 14.2 Å². The number of rotatable bonds is 8. The van der Waals surface area contributed by atoms with Crippen molar-refractivity contribution in [2.24, 2.45) is 0 Å². The molecule has 2 aromatic rings. The fraction of sp³-hybridized carbons (Fsp3) is 0.250. The molecule has 12 N–H and O–H groups in total. The first kappa shape index (κ1) is 50.7. The largest absolute Gasteiger partial charge is 2.00 e. The topological polar surface area (TPSA) is 306 Å². The van der Waals surface area contributed by atoms with E-state index in [0.717, 1.165) is 0 Å². The SMILES string of the molecule is COc1cccc(COS(=O)([O-])=S)c1.COc1cccc(COS(=O)([O-])=S)c1.O.O.O.O.O.O.[Ni+2]. The van der Waals surface area contributed by atoms with E-state index in [2.05, 4.69) is 30.7 Å². The third-order valence-electron chi connectivity index (χ3n) is 3.01. The van der Waals surface area contributed by atoms with Crippen molar-refractivity contribution in [1.29, 1.82) is 0 Å². The molecule has 14 nitrogen and oxygen atoms in total. The summed E-state index contributed by atoms with van der Waals surface area (Å²) in [6.07, 6.45) is 0. The second-order valence-corrected chi connectivity index (χ2v) is 9.60. The fourth-order valence-corrected chi connectivity index (χ4v) is 2.65. The van der Waals surface area contributed by atoms with E-state index in [1.807, 2.05) is 0 Å². The third-order valence-corrected chi connectivity index (χ3v) is 4.40. The molecule has 2 atom stereocenters. The zero-order valence-corrected chi connectivity index (χ0v) is 22.5. The maximum atomic E-state index is 10.5. The Labute approximate surface area is 223 Å². The number of hydrogen-bond acceptors (Lipinski definition) is 10. The van der Waals surface area contributed by atoms with Crippen LogP contribution in [0.1, 0.15) is 11.1 Å². The van der Waals surface area contributed by atoms with Crippen LogP contribution in [-0.2, 0) is 78.6 Å². The van der Waals surface area contributed by atoms with E-state index in [1.165, 1.54) is 14.2 Å². The monoisotopic (exact) mass is 632 g/mol. The van der Waals surface area contributed by atoms with Gasteiger partial charge in [-0.1, -0.05) is 24.3 Å². The van der Waals surface area contributed by atoms with Crippen LogP contribution in [0, 0.1) is 0 Å². The molecular formula is C16H30NiO14S4. The van der Waals surface area contributed by atoms with Gasteiger partial charge in [-0.25, -0.2) is 8.42 Å². The maximum absolute atomic E-state index is 10.5. The Hall–Kier alpha value is -1.13. The van der Waals surface area contributed by atoms with Crippen molar-refractivity contribution in [1.82, 2.24) is 0 Å². The summed E-state index contributed by atoms with van der Waals surface area (Å²) in [4.78, 5) is 0. The van der Waals surface area contributed by atoms with E-state index >= 15 is 0 Å². The molecule has 0 bridgehead atoms. The first-order valence-electron chi connectivity index (χ1n) is 7.49. The van der Waals surface area contributed by atoms with Gasteiger partial charge >= 0.3 is 16.5 Å². The quantitative estimate of drug-likeness (QED) is 0.266. The average molecular weight is 633 g/mol. The summed E-state index contributed by atoms with van der Waals surface area (Å²) in [5.41, 5.74) is 1.38. The van der Waals surface area contributed by atoms with Crippen molar-refractivity contribution >= 4 is 40.5 Å². The van der Waals surface area contributed by atoms with Crippen LogP contribution < -0.4 is 9.47 Å². The van der Waals surface area contributed by atoms with Gasteiger partial charge in [-0.05, 0) is 57.8 Å². The molecule has 35 heavy (non-hydrogen) atoms. The standard InChI is InChI=1S/2C8H10O4S2.Ni.6H2O/c2*1-11-8-4-2-3-7(5-8)6-12-14(9,10)13;;;;;;;/h2*2-5H,6H2,1H3,(H,9,10,13);;6*1H2/q;;+2;;;;;;/p-2. The summed E-state index contributed by atoms with van der Waals surface area (Å²) in [5.74, 6) is 1.29. The molecule has 0 amide bonds. The van der Waals surface area contributed by atoms with Gasteiger partial charge in [-0.2, -0.15) is 0 Å². The molecule has 0 fully saturated rings. The average Bonchev–Trinajstić information content (AvgIpc) is 2.64. The van der Waals surface area contributed by atoms with Gasteiger partial charge in [-0.15, -0.1) is 0 Å². The second-order valence-electron chi connectivity index (χ2n) is 5.04. The number of methoxy groups -OCH3 is 2. The molecule has 0 spiro atoms. The van der Waals surface area contributed by atoms with Gasteiger partial charge < -0.3 is 51.4 Å². The van der Waals surface area contributed by atoms with Crippen molar-refractivity contribution in [3.05, 3.63) is 59.7 Å². The van der Waals surface area contributed by atoms with Crippen molar-refractivity contribution in [2.45, 2.75) is 13.2 Å². The predicted molar refractivity (Wildman–Crippen MR) is 130 cm³/mol. The van der Waals surface area contributed by atoms with Gasteiger partial charge in [0.2, 0.25) is 0 Å². The molecule has 2 aromatic carbocycles. The Morgan fingerprint density at radius 1 is 0.686 bits per heavy atom. The summed E-state index contributed by atoms with van der Waals surface area (Å²) in [6.45, 7) is -0.133. The zero-order valence-electron chi connectivity index (χ0n) is 18.2. The first-order valence-corrected chi connectivity index (χ1v) is 12.2. The molecule has 0 saturated carbocycles. The van der Waals surface area contributed by atoms with Gasteiger partial charge in [0.05, 0.1) is 45.5 Å². The van der Waals surface area contributed by atoms with Crippen LogP contribution in [0.2, 0.25) is 0 Å². The normalized spacial score (nSPS) is 11.8. The van der Waals surface area contributed by atoms with E-state index < -0.39 is 18.1 Å². The summed E-state index contributed by atoms with van der Waals surface area (Å²) in [6, 6.07) is 13.8. The van der Waals surface area contributed by atoms with E-state index in [0.29, 0.717) is 22.6 Å². The summed E-state index contributed by atoms with van der Waals surface area (Å²) in [7, 11) is -4.54. The van der Waals surface area contributed by atoms with Gasteiger partial charge in [0.25, 0.3) is 0 Å². The zero-order chi connectivity index (χ0) is 21.2. The minimum Gasteiger partial charge on any atom is -0.748 e. The molecule has 212 valence electrons. The molecule has 19 heteroatoms.